The van der Waals surface area contributed by atoms with Crippen LogP contribution in [0.15, 0.2) is 28.9 Å². The van der Waals surface area contributed by atoms with Crippen molar-refractivity contribution in [2.75, 3.05) is 6.61 Å². The van der Waals surface area contributed by atoms with E-state index in [0.717, 1.165) is 11.0 Å². The van der Waals surface area contributed by atoms with Gasteiger partial charge in [-0.25, -0.2) is 0 Å². The lowest BCUT2D eigenvalue weighted by Crippen LogP contribution is -1.97. The van der Waals surface area contributed by atoms with Crippen molar-refractivity contribution in [2.45, 2.75) is 26.3 Å². The van der Waals surface area contributed by atoms with Gasteiger partial charge in [-0.3, -0.25) is 0 Å². The minimum Gasteiger partial charge on any atom is -0.396 e. The molecular weight excluding hydrogens is 266 g/mol. The van der Waals surface area contributed by atoms with Crippen LogP contribution < -0.4 is 0 Å². The summed E-state index contributed by atoms with van der Waals surface area (Å²) in [5, 5.41) is 10.5. The molecule has 0 fully saturated rings. The van der Waals surface area contributed by atoms with Crippen molar-refractivity contribution in [1.82, 2.24) is 4.57 Å². The molecular formula is C13H16BrNO. The standard InChI is InChI=1S/C13H16BrNO/c1-3-15-7-12(9(2)8-16)11-5-4-10(14)6-13(11)15/h4-7,9,16H,3,8H2,1-2H3. The van der Waals surface area contributed by atoms with Gasteiger partial charge in [0.2, 0.25) is 0 Å². The van der Waals surface area contributed by atoms with E-state index in [1.165, 1.54) is 16.5 Å². The van der Waals surface area contributed by atoms with Crippen molar-refractivity contribution in [2.24, 2.45) is 0 Å². The Morgan fingerprint density at radius 3 is 2.81 bits per heavy atom. The van der Waals surface area contributed by atoms with Crippen LogP contribution in [-0.2, 0) is 6.54 Å². The van der Waals surface area contributed by atoms with Gasteiger partial charge in [-0.2, -0.15) is 0 Å². The summed E-state index contributed by atoms with van der Waals surface area (Å²) < 4.78 is 3.32. The molecule has 0 radical (unpaired) electrons. The normalized spacial score (nSPS) is 13.2. The molecule has 1 atom stereocenters. The van der Waals surface area contributed by atoms with Gasteiger partial charge in [0.05, 0.1) is 0 Å². The number of aliphatic hydroxyl groups is 1. The van der Waals surface area contributed by atoms with Crippen molar-refractivity contribution >= 4 is 26.8 Å². The molecule has 1 unspecified atom stereocenters. The third kappa shape index (κ3) is 1.89. The maximum atomic E-state index is 9.27. The van der Waals surface area contributed by atoms with Crippen molar-refractivity contribution < 1.29 is 5.11 Å². The van der Waals surface area contributed by atoms with Gasteiger partial charge < -0.3 is 9.67 Å². The molecule has 0 aliphatic rings. The predicted molar refractivity (Wildman–Crippen MR) is 70.8 cm³/mol. The van der Waals surface area contributed by atoms with Gasteiger partial charge in [-0.05, 0) is 24.6 Å². The summed E-state index contributed by atoms with van der Waals surface area (Å²) in [6.45, 7) is 5.33. The number of fused-ring (bicyclic) bond motifs is 1. The van der Waals surface area contributed by atoms with E-state index in [4.69, 9.17) is 0 Å². The number of halogens is 1. The van der Waals surface area contributed by atoms with Crippen LogP contribution in [0, 0.1) is 0 Å². The zero-order chi connectivity index (χ0) is 11.7. The van der Waals surface area contributed by atoms with Gasteiger partial charge in [0.1, 0.15) is 0 Å². The highest BCUT2D eigenvalue weighted by molar-refractivity contribution is 9.10. The Hall–Kier alpha value is -0.800. The fourth-order valence-corrected chi connectivity index (χ4v) is 2.40. The number of rotatable bonds is 3. The molecule has 0 spiro atoms. The van der Waals surface area contributed by atoms with E-state index in [0.29, 0.717) is 0 Å². The lowest BCUT2D eigenvalue weighted by molar-refractivity contribution is 0.273. The topological polar surface area (TPSA) is 25.2 Å². The Bertz CT molecular complexity index is 504. The van der Waals surface area contributed by atoms with Gasteiger partial charge in [0, 0.05) is 40.6 Å². The van der Waals surface area contributed by atoms with E-state index in [9.17, 15) is 5.11 Å². The van der Waals surface area contributed by atoms with Gasteiger partial charge >= 0.3 is 0 Å². The second-order valence-corrected chi connectivity index (χ2v) is 5.03. The molecule has 2 nitrogen and oxygen atoms in total. The molecule has 0 amide bonds. The Morgan fingerprint density at radius 2 is 2.19 bits per heavy atom. The highest BCUT2D eigenvalue weighted by Gasteiger charge is 2.13. The molecule has 16 heavy (non-hydrogen) atoms. The van der Waals surface area contributed by atoms with Crippen LogP contribution in [0.2, 0.25) is 0 Å². The van der Waals surface area contributed by atoms with E-state index in [-0.39, 0.29) is 12.5 Å². The molecule has 0 bridgehead atoms. The summed E-state index contributed by atoms with van der Waals surface area (Å²) in [7, 11) is 0. The second-order valence-electron chi connectivity index (χ2n) is 4.12. The number of benzene rings is 1. The minimum absolute atomic E-state index is 0.191. The summed E-state index contributed by atoms with van der Waals surface area (Å²) in [5.41, 5.74) is 2.46. The molecule has 0 saturated carbocycles. The Kier molecular flexibility index (Phi) is 3.36. The van der Waals surface area contributed by atoms with Crippen molar-refractivity contribution in [1.29, 1.82) is 0 Å². The van der Waals surface area contributed by atoms with E-state index in [2.05, 4.69) is 58.7 Å². The quantitative estimate of drug-likeness (QED) is 0.915. The van der Waals surface area contributed by atoms with Crippen LogP contribution in [0.3, 0.4) is 0 Å². The highest BCUT2D eigenvalue weighted by Crippen LogP contribution is 2.29. The molecule has 0 aliphatic heterocycles. The third-order valence-electron chi connectivity index (χ3n) is 3.02. The molecule has 0 aliphatic carbocycles. The zero-order valence-electron chi connectivity index (χ0n) is 9.57. The van der Waals surface area contributed by atoms with Crippen LogP contribution in [0.4, 0.5) is 0 Å². The minimum atomic E-state index is 0.191. The summed E-state index contributed by atoms with van der Waals surface area (Å²) in [6, 6.07) is 6.30. The molecule has 86 valence electrons. The number of aromatic nitrogens is 1. The molecule has 1 aromatic heterocycles. The average Bonchev–Trinajstić information content (AvgIpc) is 2.66. The van der Waals surface area contributed by atoms with Crippen molar-refractivity contribution in [3.8, 4) is 0 Å². The third-order valence-corrected chi connectivity index (χ3v) is 3.51. The Labute approximate surface area is 104 Å². The second kappa shape index (κ2) is 4.60. The highest BCUT2D eigenvalue weighted by atomic mass is 79.9. The molecule has 2 aromatic rings. The Balaban J connectivity index is 2.67. The lowest BCUT2D eigenvalue weighted by atomic mass is 10.0. The first-order valence-corrected chi connectivity index (χ1v) is 6.35. The van der Waals surface area contributed by atoms with E-state index in [1.54, 1.807) is 0 Å². The Morgan fingerprint density at radius 1 is 1.44 bits per heavy atom. The van der Waals surface area contributed by atoms with E-state index in [1.807, 2.05) is 0 Å². The van der Waals surface area contributed by atoms with Crippen molar-refractivity contribution in [3.05, 3.63) is 34.4 Å². The fourth-order valence-electron chi connectivity index (χ4n) is 2.05. The maximum Gasteiger partial charge on any atom is 0.0497 e. The fraction of sp³-hybridized carbons (Fsp3) is 0.385. The van der Waals surface area contributed by atoms with Gasteiger partial charge in [-0.15, -0.1) is 0 Å². The first-order chi connectivity index (χ1) is 7.67. The van der Waals surface area contributed by atoms with Gasteiger partial charge in [0.25, 0.3) is 0 Å². The summed E-state index contributed by atoms with van der Waals surface area (Å²) >= 11 is 3.50. The monoisotopic (exact) mass is 281 g/mol. The van der Waals surface area contributed by atoms with Crippen molar-refractivity contribution in [3.63, 3.8) is 0 Å². The first-order valence-electron chi connectivity index (χ1n) is 5.56. The largest absolute Gasteiger partial charge is 0.396 e. The average molecular weight is 282 g/mol. The number of hydrogen-bond donors (Lipinski definition) is 1. The number of hydrogen-bond acceptors (Lipinski definition) is 1. The SMILES string of the molecule is CCn1cc(C(C)CO)c2ccc(Br)cc21. The van der Waals surface area contributed by atoms with E-state index >= 15 is 0 Å². The number of nitrogens with zero attached hydrogens (tertiary/aromatic N) is 1. The predicted octanol–water partition coefficient (Wildman–Crippen LogP) is 3.52. The van der Waals surface area contributed by atoms with Crippen LogP contribution in [0.25, 0.3) is 10.9 Å². The number of aryl methyl sites for hydroxylation is 1. The molecule has 1 N–H and O–H groups in total. The summed E-state index contributed by atoms with van der Waals surface area (Å²) in [5.74, 6) is 0.191. The van der Waals surface area contributed by atoms with Gasteiger partial charge in [0.15, 0.2) is 0 Å². The summed E-state index contributed by atoms with van der Waals surface area (Å²) in [4.78, 5) is 0. The van der Waals surface area contributed by atoms with Crippen LogP contribution in [0.5, 0.6) is 0 Å². The molecule has 1 heterocycles. The number of aliphatic hydroxyl groups excluding tert-OH is 1. The first kappa shape index (κ1) is 11.7. The lowest BCUT2D eigenvalue weighted by Gasteiger charge is -2.05. The molecule has 1 aromatic carbocycles. The maximum absolute atomic E-state index is 9.27. The molecule has 3 heteroatoms. The van der Waals surface area contributed by atoms with Crippen LogP contribution >= 0.6 is 15.9 Å². The smallest absolute Gasteiger partial charge is 0.0497 e. The van der Waals surface area contributed by atoms with Crippen LogP contribution in [-0.4, -0.2) is 16.3 Å². The zero-order valence-corrected chi connectivity index (χ0v) is 11.2. The molecule has 2 rings (SSSR count). The summed E-state index contributed by atoms with van der Waals surface area (Å²) in [6.07, 6.45) is 2.15. The van der Waals surface area contributed by atoms with Crippen LogP contribution in [0.1, 0.15) is 25.3 Å². The van der Waals surface area contributed by atoms with E-state index < -0.39 is 0 Å². The van der Waals surface area contributed by atoms with Gasteiger partial charge in [-0.1, -0.05) is 28.9 Å². The molecule has 0 saturated heterocycles.